The van der Waals surface area contributed by atoms with Crippen LogP contribution in [0.1, 0.15) is 6.92 Å². The van der Waals surface area contributed by atoms with E-state index in [9.17, 15) is 12.8 Å². The summed E-state index contributed by atoms with van der Waals surface area (Å²) >= 11 is 5.74. The lowest BCUT2D eigenvalue weighted by Crippen LogP contribution is -2.25. The van der Waals surface area contributed by atoms with Crippen LogP contribution in [0.4, 0.5) is 4.39 Å². The molecule has 0 spiro atoms. The Kier molecular flexibility index (Phi) is 4.73. The molecular formula is C10H13ClFNO3S. The summed E-state index contributed by atoms with van der Waals surface area (Å²) in [6.45, 7) is 1.82. The molecule has 0 amide bonds. The Bertz CT molecular complexity index is 492. The van der Waals surface area contributed by atoms with Gasteiger partial charge in [0.05, 0.1) is 17.4 Å². The van der Waals surface area contributed by atoms with Gasteiger partial charge in [0.1, 0.15) is 11.6 Å². The minimum Gasteiger partial charge on any atom is -0.492 e. The zero-order valence-electron chi connectivity index (χ0n) is 9.19. The minimum atomic E-state index is -3.52. The number of rotatable bonds is 5. The van der Waals surface area contributed by atoms with Crippen molar-refractivity contribution >= 4 is 21.6 Å². The van der Waals surface area contributed by atoms with Gasteiger partial charge in [-0.1, -0.05) is 18.5 Å². The lowest BCUT2D eigenvalue weighted by molar-refractivity contribution is 0.271. The van der Waals surface area contributed by atoms with Crippen LogP contribution < -0.4 is 9.88 Å². The number of ether oxygens (including phenoxy) is 1. The van der Waals surface area contributed by atoms with Gasteiger partial charge in [0, 0.05) is 5.92 Å². The molecule has 4 nitrogen and oxygen atoms in total. The van der Waals surface area contributed by atoms with Gasteiger partial charge in [-0.3, -0.25) is 0 Å². The molecule has 0 aliphatic heterocycles. The number of halogens is 2. The van der Waals surface area contributed by atoms with Gasteiger partial charge in [-0.25, -0.2) is 17.9 Å². The fourth-order valence-electron chi connectivity index (χ4n) is 1.27. The average molecular weight is 282 g/mol. The summed E-state index contributed by atoms with van der Waals surface area (Å²) in [5.74, 6) is -0.591. The largest absolute Gasteiger partial charge is 0.492 e. The van der Waals surface area contributed by atoms with E-state index in [-0.39, 0.29) is 23.3 Å². The molecule has 1 unspecified atom stereocenters. The second kappa shape index (κ2) is 5.66. The molecule has 0 radical (unpaired) electrons. The third-order valence-corrected chi connectivity index (χ3v) is 3.26. The first-order valence-electron chi connectivity index (χ1n) is 4.86. The summed E-state index contributed by atoms with van der Waals surface area (Å²) in [7, 11) is -3.52. The van der Waals surface area contributed by atoms with Crippen LogP contribution in [0.5, 0.6) is 5.75 Å². The topological polar surface area (TPSA) is 69.4 Å². The van der Waals surface area contributed by atoms with Crippen LogP contribution >= 0.6 is 11.6 Å². The van der Waals surface area contributed by atoms with E-state index in [0.29, 0.717) is 5.75 Å². The summed E-state index contributed by atoms with van der Waals surface area (Å²) in [6.07, 6.45) is 0. The van der Waals surface area contributed by atoms with Gasteiger partial charge in [-0.15, -0.1) is 0 Å². The number of hydrogen-bond acceptors (Lipinski definition) is 3. The minimum absolute atomic E-state index is 0.141. The Labute approximate surface area is 105 Å². The molecule has 0 saturated heterocycles. The van der Waals surface area contributed by atoms with E-state index in [1.165, 1.54) is 12.1 Å². The summed E-state index contributed by atoms with van der Waals surface area (Å²) in [5.41, 5.74) is 0. The molecule has 0 aromatic heterocycles. The van der Waals surface area contributed by atoms with Crippen LogP contribution in [0.15, 0.2) is 18.2 Å². The molecule has 1 rings (SSSR count). The fourth-order valence-corrected chi connectivity index (χ4v) is 2.38. The van der Waals surface area contributed by atoms with E-state index in [0.717, 1.165) is 6.07 Å². The van der Waals surface area contributed by atoms with Crippen LogP contribution in [0.2, 0.25) is 5.02 Å². The monoisotopic (exact) mass is 281 g/mol. The standard InChI is InChI=1S/C10H13ClFNO3S/c1-7(6-17(13,14)15)5-16-10-3-2-8(12)4-9(10)11/h2-4,7H,5-6H2,1H3,(H2,13,14,15). The molecule has 0 heterocycles. The zero-order valence-corrected chi connectivity index (χ0v) is 10.8. The van der Waals surface area contributed by atoms with Crippen LogP contribution in [0.3, 0.4) is 0 Å². The van der Waals surface area contributed by atoms with Crippen LogP contribution in [0.25, 0.3) is 0 Å². The van der Waals surface area contributed by atoms with Gasteiger partial charge in [0.15, 0.2) is 0 Å². The molecule has 17 heavy (non-hydrogen) atoms. The summed E-state index contributed by atoms with van der Waals surface area (Å²) in [5, 5.41) is 5.04. The Morgan fingerprint density at radius 1 is 1.53 bits per heavy atom. The first-order chi connectivity index (χ1) is 7.78. The molecule has 0 fully saturated rings. The van der Waals surface area contributed by atoms with Gasteiger partial charge >= 0.3 is 0 Å². The molecule has 7 heteroatoms. The van der Waals surface area contributed by atoms with Gasteiger partial charge < -0.3 is 4.74 Å². The first kappa shape index (κ1) is 14.2. The van der Waals surface area contributed by atoms with Crippen LogP contribution in [0, 0.1) is 11.7 Å². The lowest BCUT2D eigenvalue weighted by Gasteiger charge is -2.12. The van der Waals surface area contributed by atoms with Gasteiger partial charge in [0.25, 0.3) is 0 Å². The molecule has 0 saturated carbocycles. The molecule has 0 aliphatic rings. The number of benzene rings is 1. The maximum atomic E-state index is 12.7. The normalized spacial score (nSPS) is 13.4. The van der Waals surface area contributed by atoms with E-state index < -0.39 is 15.8 Å². The predicted molar refractivity (Wildman–Crippen MR) is 64.0 cm³/mol. The van der Waals surface area contributed by atoms with E-state index >= 15 is 0 Å². The molecular weight excluding hydrogens is 269 g/mol. The third-order valence-electron chi connectivity index (χ3n) is 1.93. The second-order valence-corrected chi connectivity index (χ2v) is 5.89. The van der Waals surface area contributed by atoms with Crippen molar-refractivity contribution in [2.45, 2.75) is 6.92 Å². The van der Waals surface area contributed by atoms with Gasteiger partial charge in [-0.2, -0.15) is 0 Å². The molecule has 1 atom stereocenters. The molecule has 2 N–H and O–H groups in total. The van der Waals surface area contributed by atoms with Crippen molar-refractivity contribution in [1.82, 2.24) is 0 Å². The number of primary sulfonamides is 1. The van der Waals surface area contributed by atoms with E-state index in [1.54, 1.807) is 6.92 Å². The zero-order chi connectivity index (χ0) is 13.1. The van der Waals surface area contributed by atoms with Crippen LogP contribution in [-0.2, 0) is 10.0 Å². The van der Waals surface area contributed by atoms with Crippen LogP contribution in [-0.4, -0.2) is 20.8 Å². The van der Waals surface area contributed by atoms with Crippen molar-refractivity contribution in [3.63, 3.8) is 0 Å². The van der Waals surface area contributed by atoms with Crippen molar-refractivity contribution in [1.29, 1.82) is 0 Å². The van der Waals surface area contributed by atoms with Crippen molar-refractivity contribution in [2.24, 2.45) is 11.1 Å². The Balaban J connectivity index is 2.56. The highest BCUT2D eigenvalue weighted by Gasteiger charge is 2.12. The first-order valence-corrected chi connectivity index (χ1v) is 6.95. The highest BCUT2D eigenvalue weighted by Crippen LogP contribution is 2.25. The molecule has 1 aromatic rings. The predicted octanol–water partition coefficient (Wildman–Crippen LogP) is 1.78. The highest BCUT2D eigenvalue weighted by molar-refractivity contribution is 7.89. The summed E-state index contributed by atoms with van der Waals surface area (Å²) in [6, 6.07) is 3.73. The third kappa shape index (κ3) is 5.34. The Morgan fingerprint density at radius 3 is 2.71 bits per heavy atom. The molecule has 0 aliphatic carbocycles. The second-order valence-electron chi connectivity index (χ2n) is 3.82. The Morgan fingerprint density at radius 2 is 2.18 bits per heavy atom. The van der Waals surface area contributed by atoms with Gasteiger partial charge in [-0.05, 0) is 18.2 Å². The van der Waals surface area contributed by atoms with E-state index in [2.05, 4.69) is 0 Å². The van der Waals surface area contributed by atoms with E-state index in [1.807, 2.05) is 0 Å². The summed E-state index contributed by atoms with van der Waals surface area (Å²) < 4.78 is 39.6. The van der Waals surface area contributed by atoms with E-state index in [4.69, 9.17) is 21.5 Å². The number of sulfonamides is 1. The van der Waals surface area contributed by atoms with Gasteiger partial charge in [0.2, 0.25) is 10.0 Å². The lowest BCUT2D eigenvalue weighted by atomic mass is 10.2. The van der Waals surface area contributed by atoms with Crippen molar-refractivity contribution in [3.05, 3.63) is 29.0 Å². The number of nitrogens with two attached hydrogens (primary N) is 1. The van der Waals surface area contributed by atoms with Crippen molar-refractivity contribution in [2.75, 3.05) is 12.4 Å². The molecule has 0 bridgehead atoms. The SMILES string of the molecule is CC(COc1ccc(F)cc1Cl)CS(N)(=O)=O. The smallest absolute Gasteiger partial charge is 0.209 e. The molecule has 96 valence electrons. The quantitative estimate of drug-likeness (QED) is 0.894. The number of hydrogen-bond donors (Lipinski definition) is 1. The average Bonchev–Trinajstić information content (AvgIpc) is 2.13. The summed E-state index contributed by atoms with van der Waals surface area (Å²) in [4.78, 5) is 0. The van der Waals surface area contributed by atoms with Crippen molar-refractivity contribution < 1.29 is 17.5 Å². The fraction of sp³-hybridized carbons (Fsp3) is 0.400. The molecule has 1 aromatic carbocycles. The van der Waals surface area contributed by atoms with Crippen molar-refractivity contribution in [3.8, 4) is 5.75 Å². The maximum Gasteiger partial charge on any atom is 0.209 e. The Hall–Kier alpha value is -0.850. The maximum absolute atomic E-state index is 12.7. The highest BCUT2D eigenvalue weighted by atomic mass is 35.5.